The summed E-state index contributed by atoms with van der Waals surface area (Å²) < 4.78 is 6.98. The van der Waals surface area contributed by atoms with Crippen LogP contribution in [0.4, 0.5) is 4.79 Å². The van der Waals surface area contributed by atoms with Gasteiger partial charge in [-0.1, -0.05) is 39.0 Å². The molecule has 0 atom stereocenters. The van der Waals surface area contributed by atoms with E-state index in [1.165, 1.54) is 0 Å². The standard InChI is InChI=1S/C22H32N2O3/c1-7-17-16(11-14-23-20(26)27-21(3,4)5)15-24(18(17)8-2)19(25)22(6)12-9-10-13-22/h7-8,15H,1-2,9-14H2,3-6H3,(H,23,26). The van der Waals surface area contributed by atoms with Gasteiger partial charge >= 0.3 is 6.09 Å². The zero-order chi connectivity index (χ0) is 20.2. The maximum Gasteiger partial charge on any atom is 0.407 e. The van der Waals surface area contributed by atoms with Gasteiger partial charge in [-0.25, -0.2) is 4.79 Å². The Balaban J connectivity index is 2.16. The summed E-state index contributed by atoms with van der Waals surface area (Å²) in [7, 11) is 0. The molecular weight excluding hydrogens is 340 g/mol. The Morgan fingerprint density at radius 1 is 1.26 bits per heavy atom. The van der Waals surface area contributed by atoms with Crippen molar-refractivity contribution in [2.75, 3.05) is 6.54 Å². The Bertz CT molecular complexity index is 731. The lowest BCUT2D eigenvalue weighted by atomic mass is 9.87. The van der Waals surface area contributed by atoms with Crippen LogP contribution >= 0.6 is 0 Å². The molecule has 1 N–H and O–H groups in total. The molecule has 0 bridgehead atoms. The highest BCUT2D eigenvalue weighted by Gasteiger charge is 2.38. The molecule has 1 saturated carbocycles. The molecule has 1 aromatic rings. The van der Waals surface area contributed by atoms with Crippen LogP contribution < -0.4 is 5.32 Å². The van der Waals surface area contributed by atoms with Gasteiger partial charge in [0.25, 0.3) is 0 Å². The fourth-order valence-electron chi connectivity index (χ4n) is 3.67. The predicted molar refractivity (Wildman–Crippen MR) is 110 cm³/mol. The molecule has 0 aliphatic heterocycles. The lowest BCUT2D eigenvalue weighted by Gasteiger charge is -2.23. The molecular formula is C22H32N2O3. The van der Waals surface area contributed by atoms with E-state index in [-0.39, 0.29) is 11.3 Å². The SMILES string of the molecule is C=Cc1c(CCNC(=O)OC(C)(C)C)cn(C(=O)C2(C)CCCC2)c1C=C. The second kappa shape index (κ2) is 8.15. The monoisotopic (exact) mass is 372 g/mol. The van der Waals surface area contributed by atoms with E-state index in [4.69, 9.17) is 4.74 Å². The van der Waals surface area contributed by atoms with Crippen LogP contribution in [-0.4, -0.2) is 28.7 Å². The largest absolute Gasteiger partial charge is 0.444 e. The van der Waals surface area contributed by atoms with Crippen LogP contribution in [0.2, 0.25) is 0 Å². The number of amides is 1. The molecule has 148 valence electrons. The summed E-state index contributed by atoms with van der Waals surface area (Å²) >= 11 is 0. The first kappa shape index (κ1) is 21.0. The molecule has 0 radical (unpaired) electrons. The lowest BCUT2D eigenvalue weighted by molar-refractivity contribution is 0.0528. The van der Waals surface area contributed by atoms with E-state index in [9.17, 15) is 9.59 Å². The molecule has 1 fully saturated rings. The quantitative estimate of drug-likeness (QED) is 0.759. The van der Waals surface area contributed by atoms with Crippen LogP contribution in [0.3, 0.4) is 0 Å². The van der Waals surface area contributed by atoms with E-state index in [1.54, 1.807) is 16.7 Å². The third-order valence-corrected chi connectivity index (χ3v) is 5.07. The number of carbonyl (C=O) groups excluding carboxylic acids is 2. The highest BCUT2D eigenvalue weighted by atomic mass is 16.6. The molecule has 1 amide bonds. The summed E-state index contributed by atoms with van der Waals surface area (Å²) in [6.45, 7) is 15.7. The van der Waals surface area contributed by atoms with E-state index < -0.39 is 11.7 Å². The highest BCUT2D eigenvalue weighted by molar-refractivity contribution is 5.89. The van der Waals surface area contributed by atoms with Gasteiger partial charge in [0.05, 0.1) is 5.69 Å². The molecule has 0 unspecified atom stereocenters. The van der Waals surface area contributed by atoms with Crippen LogP contribution in [0.25, 0.3) is 12.2 Å². The average Bonchev–Trinajstić information content (AvgIpc) is 3.16. The van der Waals surface area contributed by atoms with Crippen molar-refractivity contribution in [3.63, 3.8) is 0 Å². The molecule has 2 rings (SSSR count). The molecule has 0 spiro atoms. The fourth-order valence-corrected chi connectivity index (χ4v) is 3.67. The minimum atomic E-state index is -0.529. The molecule has 0 saturated heterocycles. The number of ether oxygens (including phenoxy) is 1. The van der Waals surface area contributed by atoms with Crippen molar-refractivity contribution in [3.8, 4) is 0 Å². The van der Waals surface area contributed by atoms with Crippen LogP contribution in [0.15, 0.2) is 19.4 Å². The number of carbonyl (C=O) groups is 2. The Labute approximate surface area is 162 Å². The van der Waals surface area contributed by atoms with E-state index in [2.05, 4.69) is 18.5 Å². The van der Waals surface area contributed by atoms with Crippen molar-refractivity contribution in [2.45, 2.75) is 65.4 Å². The number of rotatable bonds is 6. The molecule has 1 aliphatic carbocycles. The average molecular weight is 373 g/mol. The van der Waals surface area contributed by atoms with E-state index in [0.717, 1.165) is 42.5 Å². The van der Waals surface area contributed by atoms with E-state index in [1.807, 2.05) is 33.9 Å². The lowest BCUT2D eigenvalue weighted by Crippen LogP contribution is -2.33. The fraction of sp³-hybridized carbons (Fsp3) is 0.545. The van der Waals surface area contributed by atoms with E-state index in [0.29, 0.717) is 13.0 Å². The Morgan fingerprint density at radius 2 is 1.89 bits per heavy atom. The molecule has 5 nitrogen and oxygen atoms in total. The third kappa shape index (κ3) is 4.90. The summed E-state index contributed by atoms with van der Waals surface area (Å²) in [5.74, 6) is 0.115. The van der Waals surface area contributed by atoms with Gasteiger partial charge in [-0.3, -0.25) is 9.36 Å². The topological polar surface area (TPSA) is 60.3 Å². The first-order valence-corrected chi connectivity index (χ1v) is 9.62. The summed E-state index contributed by atoms with van der Waals surface area (Å²) in [4.78, 5) is 25.0. The zero-order valence-corrected chi connectivity index (χ0v) is 17.1. The van der Waals surface area contributed by atoms with Gasteiger partial charge in [0.15, 0.2) is 0 Å². The third-order valence-electron chi connectivity index (χ3n) is 5.07. The number of aromatic nitrogens is 1. The summed E-state index contributed by atoms with van der Waals surface area (Å²) in [5, 5.41) is 2.76. The number of nitrogens with zero attached hydrogens (tertiary/aromatic N) is 1. The number of hydrogen-bond acceptors (Lipinski definition) is 3. The number of alkyl carbamates (subject to hydrolysis) is 1. The first-order chi connectivity index (χ1) is 12.6. The molecule has 1 aliphatic rings. The molecule has 5 heteroatoms. The second-order valence-electron chi connectivity index (χ2n) is 8.48. The van der Waals surface area contributed by atoms with Crippen molar-refractivity contribution in [2.24, 2.45) is 5.41 Å². The number of nitrogens with one attached hydrogen (secondary N) is 1. The maximum atomic E-state index is 13.2. The highest BCUT2D eigenvalue weighted by Crippen LogP contribution is 2.40. The minimum absolute atomic E-state index is 0.115. The van der Waals surface area contributed by atoms with Crippen LogP contribution in [-0.2, 0) is 11.2 Å². The molecule has 1 heterocycles. The normalized spacial score (nSPS) is 16.0. The van der Waals surface area contributed by atoms with Crippen LogP contribution in [0, 0.1) is 5.41 Å². The molecule has 0 aromatic carbocycles. The first-order valence-electron chi connectivity index (χ1n) is 9.62. The van der Waals surface area contributed by atoms with Crippen molar-refractivity contribution >= 4 is 24.2 Å². The van der Waals surface area contributed by atoms with Crippen molar-refractivity contribution in [1.82, 2.24) is 9.88 Å². The van der Waals surface area contributed by atoms with Gasteiger partial charge < -0.3 is 10.1 Å². The smallest absolute Gasteiger partial charge is 0.407 e. The molecule has 27 heavy (non-hydrogen) atoms. The van der Waals surface area contributed by atoms with Crippen LogP contribution in [0.1, 0.15) is 75.0 Å². The van der Waals surface area contributed by atoms with Gasteiger partial charge in [-0.2, -0.15) is 0 Å². The Hall–Kier alpha value is -2.30. The maximum absolute atomic E-state index is 13.2. The predicted octanol–water partition coefficient (Wildman–Crippen LogP) is 5.06. The van der Waals surface area contributed by atoms with Gasteiger partial charge in [-0.15, -0.1) is 0 Å². The second-order valence-corrected chi connectivity index (χ2v) is 8.48. The van der Waals surface area contributed by atoms with Crippen LogP contribution in [0.5, 0.6) is 0 Å². The van der Waals surface area contributed by atoms with Gasteiger partial charge in [-0.05, 0) is 51.7 Å². The number of hydrogen-bond donors (Lipinski definition) is 1. The molecule has 1 aromatic heterocycles. The summed E-state index contributed by atoms with van der Waals surface area (Å²) in [6, 6.07) is 0. The van der Waals surface area contributed by atoms with E-state index >= 15 is 0 Å². The van der Waals surface area contributed by atoms with Gasteiger partial charge in [0.2, 0.25) is 5.91 Å². The zero-order valence-electron chi connectivity index (χ0n) is 17.1. The summed E-state index contributed by atoms with van der Waals surface area (Å²) in [6.07, 6.45) is 9.48. The minimum Gasteiger partial charge on any atom is -0.444 e. The summed E-state index contributed by atoms with van der Waals surface area (Å²) in [5.41, 5.74) is 1.78. The van der Waals surface area contributed by atoms with Gasteiger partial charge in [0, 0.05) is 23.7 Å². The Kier molecular flexibility index (Phi) is 6.34. The van der Waals surface area contributed by atoms with Crippen molar-refractivity contribution in [3.05, 3.63) is 36.2 Å². The van der Waals surface area contributed by atoms with Crippen molar-refractivity contribution < 1.29 is 14.3 Å². The van der Waals surface area contributed by atoms with Crippen molar-refractivity contribution in [1.29, 1.82) is 0 Å². The van der Waals surface area contributed by atoms with Gasteiger partial charge in [0.1, 0.15) is 5.60 Å². The Morgan fingerprint density at radius 3 is 2.41 bits per heavy atom.